The molecule has 92 valence electrons. The van der Waals surface area contributed by atoms with Gasteiger partial charge in [0.15, 0.2) is 0 Å². The maximum atomic E-state index is 11.3. The number of carboxylic acid groups (broad SMARTS) is 1. The predicted molar refractivity (Wildman–Crippen MR) is 70.5 cm³/mol. The Morgan fingerprint density at radius 2 is 2.24 bits per heavy atom. The van der Waals surface area contributed by atoms with Gasteiger partial charge in [0.25, 0.3) is 0 Å². The van der Waals surface area contributed by atoms with Gasteiger partial charge in [0, 0.05) is 0 Å². The van der Waals surface area contributed by atoms with Crippen LogP contribution in [0.3, 0.4) is 0 Å². The Balaban J connectivity index is 2.90. The number of anilines is 1. The number of benzene rings is 1. The van der Waals surface area contributed by atoms with Gasteiger partial charge < -0.3 is 10.4 Å². The van der Waals surface area contributed by atoms with Gasteiger partial charge in [-0.15, -0.1) is 6.58 Å². The van der Waals surface area contributed by atoms with Crippen molar-refractivity contribution in [2.24, 2.45) is 0 Å². The number of hydrogen-bond acceptors (Lipinski definition) is 2. The molecule has 4 heteroatoms. The van der Waals surface area contributed by atoms with E-state index < -0.39 is 11.5 Å². The lowest BCUT2D eigenvalue weighted by Gasteiger charge is -2.27. The molecule has 0 spiro atoms. The summed E-state index contributed by atoms with van der Waals surface area (Å²) in [4.78, 5) is 11.3. The Labute approximate surface area is 106 Å². The minimum Gasteiger partial charge on any atom is -0.480 e. The molecule has 1 atom stereocenters. The second-order valence-electron chi connectivity index (χ2n) is 4.07. The van der Waals surface area contributed by atoms with Crippen molar-refractivity contribution in [1.82, 2.24) is 0 Å². The molecule has 1 rings (SSSR count). The molecule has 0 saturated carbocycles. The van der Waals surface area contributed by atoms with E-state index in [1.807, 2.05) is 6.07 Å². The molecular formula is C13H16ClNO2. The van der Waals surface area contributed by atoms with E-state index in [1.54, 1.807) is 31.2 Å². The van der Waals surface area contributed by atoms with E-state index in [0.29, 0.717) is 23.6 Å². The molecule has 0 heterocycles. The van der Waals surface area contributed by atoms with E-state index >= 15 is 0 Å². The quantitative estimate of drug-likeness (QED) is 0.762. The fourth-order valence-corrected chi connectivity index (χ4v) is 1.66. The Bertz CT molecular complexity index is 420. The van der Waals surface area contributed by atoms with Crippen molar-refractivity contribution in [3.05, 3.63) is 41.9 Å². The monoisotopic (exact) mass is 253 g/mol. The number of halogens is 1. The summed E-state index contributed by atoms with van der Waals surface area (Å²) in [5, 5.41) is 12.8. The molecule has 0 aliphatic carbocycles. The van der Waals surface area contributed by atoms with E-state index in [1.165, 1.54) is 0 Å². The van der Waals surface area contributed by atoms with Crippen LogP contribution in [-0.2, 0) is 4.79 Å². The summed E-state index contributed by atoms with van der Waals surface area (Å²) in [5.74, 6) is -0.903. The number of carbonyl (C=O) groups is 1. The van der Waals surface area contributed by atoms with Gasteiger partial charge in [-0.3, -0.25) is 0 Å². The third-order valence-corrected chi connectivity index (χ3v) is 2.93. The molecule has 0 radical (unpaired) electrons. The van der Waals surface area contributed by atoms with E-state index in [-0.39, 0.29) is 0 Å². The highest BCUT2D eigenvalue weighted by Gasteiger charge is 2.32. The van der Waals surface area contributed by atoms with Crippen LogP contribution in [0.5, 0.6) is 0 Å². The van der Waals surface area contributed by atoms with Crippen LogP contribution in [0.1, 0.15) is 19.8 Å². The topological polar surface area (TPSA) is 49.3 Å². The Hall–Kier alpha value is -1.48. The molecule has 3 nitrogen and oxygen atoms in total. The smallest absolute Gasteiger partial charge is 0.329 e. The van der Waals surface area contributed by atoms with Gasteiger partial charge in [-0.05, 0) is 31.9 Å². The Kier molecular flexibility index (Phi) is 4.58. The average molecular weight is 254 g/mol. The van der Waals surface area contributed by atoms with Crippen molar-refractivity contribution >= 4 is 23.3 Å². The normalized spacial score (nSPS) is 13.8. The maximum absolute atomic E-state index is 11.3. The van der Waals surface area contributed by atoms with Gasteiger partial charge in [-0.25, -0.2) is 4.79 Å². The molecule has 0 aliphatic heterocycles. The highest BCUT2D eigenvalue weighted by molar-refractivity contribution is 6.33. The number of rotatable bonds is 6. The lowest BCUT2D eigenvalue weighted by Crippen LogP contribution is -2.43. The first-order valence-corrected chi connectivity index (χ1v) is 5.74. The van der Waals surface area contributed by atoms with Crippen molar-refractivity contribution in [3.8, 4) is 0 Å². The molecule has 1 unspecified atom stereocenters. The zero-order valence-electron chi connectivity index (χ0n) is 9.74. The lowest BCUT2D eigenvalue weighted by atomic mass is 9.95. The molecule has 0 amide bonds. The fourth-order valence-electron chi connectivity index (χ4n) is 1.47. The summed E-state index contributed by atoms with van der Waals surface area (Å²) in [7, 11) is 0. The first kappa shape index (κ1) is 13.6. The van der Waals surface area contributed by atoms with Crippen LogP contribution < -0.4 is 5.32 Å². The molecule has 0 bridgehead atoms. The first-order valence-electron chi connectivity index (χ1n) is 5.36. The van der Waals surface area contributed by atoms with E-state index in [9.17, 15) is 9.90 Å². The summed E-state index contributed by atoms with van der Waals surface area (Å²) in [6, 6.07) is 7.09. The second-order valence-corrected chi connectivity index (χ2v) is 4.48. The highest BCUT2D eigenvalue weighted by Crippen LogP contribution is 2.26. The average Bonchev–Trinajstić information content (AvgIpc) is 2.29. The van der Waals surface area contributed by atoms with Crippen molar-refractivity contribution in [1.29, 1.82) is 0 Å². The van der Waals surface area contributed by atoms with Gasteiger partial charge in [0.2, 0.25) is 0 Å². The number of allylic oxidation sites excluding steroid dienone is 1. The van der Waals surface area contributed by atoms with Crippen LogP contribution >= 0.6 is 11.6 Å². The standard InChI is InChI=1S/C13H16ClNO2/c1-3-4-9-13(2,12(16)17)15-11-8-6-5-7-10(11)14/h3,5-8,15H,1,4,9H2,2H3,(H,16,17). The molecular weight excluding hydrogens is 238 g/mol. The second kappa shape index (κ2) is 5.73. The predicted octanol–water partition coefficient (Wildman–Crippen LogP) is 3.56. The third kappa shape index (κ3) is 3.49. The molecule has 1 aromatic carbocycles. The molecule has 17 heavy (non-hydrogen) atoms. The van der Waals surface area contributed by atoms with Gasteiger partial charge in [-0.1, -0.05) is 29.8 Å². The number of para-hydroxylation sites is 1. The zero-order chi connectivity index (χ0) is 12.9. The van der Waals surface area contributed by atoms with E-state index in [4.69, 9.17) is 11.6 Å². The van der Waals surface area contributed by atoms with Gasteiger partial charge in [-0.2, -0.15) is 0 Å². The summed E-state index contributed by atoms with van der Waals surface area (Å²) < 4.78 is 0. The summed E-state index contributed by atoms with van der Waals surface area (Å²) in [5.41, 5.74) is -0.415. The van der Waals surface area contributed by atoms with E-state index in [0.717, 1.165) is 0 Å². The van der Waals surface area contributed by atoms with Crippen molar-refractivity contribution in [2.75, 3.05) is 5.32 Å². The van der Waals surface area contributed by atoms with E-state index in [2.05, 4.69) is 11.9 Å². The third-order valence-electron chi connectivity index (χ3n) is 2.60. The molecule has 0 aliphatic rings. The van der Waals surface area contributed by atoms with Crippen LogP contribution in [0.25, 0.3) is 0 Å². The van der Waals surface area contributed by atoms with Crippen LogP contribution in [0, 0.1) is 0 Å². The molecule has 0 fully saturated rings. The summed E-state index contributed by atoms with van der Waals surface area (Å²) in [6.07, 6.45) is 2.78. The van der Waals surface area contributed by atoms with Crippen molar-refractivity contribution in [2.45, 2.75) is 25.3 Å². The van der Waals surface area contributed by atoms with Crippen molar-refractivity contribution < 1.29 is 9.90 Å². The van der Waals surface area contributed by atoms with Crippen LogP contribution in [0.4, 0.5) is 5.69 Å². The van der Waals surface area contributed by atoms with Crippen LogP contribution in [-0.4, -0.2) is 16.6 Å². The summed E-state index contributed by atoms with van der Waals surface area (Å²) in [6.45, 7) is 5.24. The van der Waals surface area contributed by atoms with Crippen LogP contribution in [0.2, 0.25) is 5.02 Å². The Morgan fingerprint density at radius 3 is 2.76 bits per heavy atom. The van der Waals surface area contributed by atoms with Crippen molar-refractivity contribution in [3.63, 3.8) is 0 Å². The molecule has 2 N–H and O–H groups in total. The van der Waals surface area contributed by atoms with Crippen LogP contribution in [0.15, 0.2) is 36.9 Å². The minimum absolute atomic E-state index is 0.455. The zero-order valence-corrected chi connectivity index (χ0v) is 10.5. The first-order chi connectivity index (χ1) is 7.99. The maximum Gasteiger partial charge on any atom is 0.329 e. The number of carboxylic acids is 1. The van der Waals surface area contributed by atoms with Gasteiger partial charge in [0.1, 0.15) is 5.54 Å². The highest BCUT2D eigenvalue weighted by atomic mass is 35.5. The summed E-state index contributed by atoms with van der Waals surface area (Å²) >= 11 is 5.99. The number of hydrogen-bond donors (Lipinski definition) is 2. The SMILES string of the molecule is C=CCCC(C)(Nc1ccccc1Cl)C(=O)O. The number of nitrogens with one attached hydrogen (secondary N) is 1. The number of aliphatic carboxylic acids is 1. The minimum atomic E-state index is -1.04. The fraction of sp³-hybridized carbons (Fsp3) is 0.308. The van der Waals surface area contributed by atoms with Gasteiger partial charge >= 0.3 is 5.97 Å². The molecule has 0 aromatic heterocycles. The largest absolute Gasteiger partial charge is 0.480 e. The Morgan fingerprint density at radius 1 is 1.59 bits per heavy atom. The molecule has 1 aromatic rings. The van der Waals surface area contributed by atoms with Gasteiger partial charge in [0.05, 0.1) is 10.7 Å². The lowest BCUT2D eigenvalue weighted by molar-refractivity contribution is -0.141. The molecule has 0 saturated heterocycles.